The lowest BCUT2D eigenvalue weighted by Crippen LogP contribution is -2.25. The number of amides is 1. The van der Waals surface area contributed by atoms with Gasteiger partial charge < -0.3 is 19.6 Å². The van der Waals surface area contributed by atoms with Crippen LogP contribution < -0.4 is 10.1 Å². The predicted molar refractivity (Wildman–Crippen MR) is 86.5 cm³/mol. The number of fused-ring (bicyclic) bond motifs is 1. The van der Waals surface area contributed by atoms with Gasteiger partial charge in [-0.3, -0.25) is 4.79 Å². The summed E-state index contributed by atoms with van der Waals surface area (Å²) >= 11 is 0. The van der Waals surface area contributed by atoms with Crippen LogP contribution in [0, 0.1) is 0 Å². The summed E-state index contributed by atoms with van der Waals surface area (Å²) in [6.07, 6.45) is 4.28. The molecule has 1 amide bonds. The molecule has 2 N–H and O–H groups in total. The van der Waals surface area contributed by atoms with Gasteiger partial charge in [0.15, 0.2) is 0 Å². The summed E-state index contributed by atoms with van der Waals surface area (Å²) in [5, 5.41) is 2.93. The first-order valence-corrected chi connectivity index (χ1v) is 7.72. The Morgan fingerprint density at radius 1 is 1.43 bits per heavy atom. The SMILES string of the molecule is COc1ccc2nc(CNC(=O)c3cccn3C3CC3)[nH]c2c1. The number of benzene rings is 1. The van der Waals surface area contributed by atoms with Crippen molar-refractivity contribution in [1.82, 2.24) is 19.9 Å². The van der Waals surface area contributed by atoms with Gasteiger partial charge in [0.05, 0.1) is 24.7 Å². The van der Waals surface area contributed by atoms with Crippen molar-refractivity contribution in [3.63, 3.8) is 0 Å². The second-order valence-corrected chi connectivity index (χ2v) is 5.78. The van der Waals surface area contributed by atoms with E-state index < -0.39 is 0 Å². The zero-order valence-corrected chi connectivity index (χ0v) is 12.9. The highest BCUT2D eigenvalue weighted by Crippen LogP contribution is 2.35. The predicted octanol–water partition coefficient (Wildman–Crippen LogP) is 2.64. The summed E-state index contributed by atoms with van der Waals surface area (Å²) in [5.41, 5.74) is 2.47. The van der Waals surface area contributed by atoms with Crippen LogP contribution in [-0.4, -0.2) is 27.6 Å². The van der Waals surface area contributed by atoms with Crippen LogP contribution in [0.4, 0.5) is 0 Å². The lowest BCUT2D eigenvalue weighted by molar-refractivity contribution is 0.0940. The Morgan fingerprint density at radius 2 is 2.30 bits per heavy atom. The minimum atomic E-state index is -0.0695. The highest BCUT2D eigenvalue weighted by molar-refractivity contribution is 5.92. The third-order valence-corrected chi connectivity index (χ3v) is 4.11. The topological polar surface area (TPSA) is 71.9 Å². The minimum absolute atomic E-state index is 0.0695. The molecule has 0 atom stereocenters. The Hall–Kier alpha value is -2.76. The maximum Gasteiger partial charge on any atom is 0.268 e. The summed E-state index contributed by atoms with van der Waals surface area (Å²) < 4.78 is 7.25. The van der Waals surface area contributed by atoms with E-state index in [1.807, 2.05) is 36.5 Å². The molecule has 0 saturated heterocycles. The van der Waals surface area contributed by atoms with Crippen molar-refractivity contribution >= 4 is 16.9 Å². The second-order valence-electron chi connectivity index (χ2n) is 5.78. The lowest BCUT2D eigenvalue weighted by atomic mass is 10.3. The Bertz CT molecular complexity index is 860. The van der Waals surface area contributed by atoms with Crippen molar-refractivity contribution in [2.75, 3.05) is 7.11 Å². The molecule has 0 spiro atoms. The summed E-state index contributed by atoms with van der Waals surface area (Å²) in [6.45, 7) is 0.367. The van der Waals surface area contributed by atoms with Crippen molar-refractivity contribution in [2.45, 2.75) is 25.4 Å². The number of methoxy groups -OCH3 is 1. The maximum absolute atomic E-state index is 12.4. The van der Waals surface area contributed by atoms with E-state index in [-0.39, 0.29) is 5.91 Å². The molecule has 6 nitrogen and oxygen atoms in total. The maximum atomic E-state index is 12.4. The van der Waals surface area contributed by atoms with Crippen LogP contribution in [0.5, 0.6) is 5.75 Å². The summed E-state index contributed by atoms with van der Waals surface area (Å²) in [5.74, 6) is 1.44. The number of hydrogen-bond donors (Lipinski definition) is 2. The highest BCUT2D eigenvalue weighted by atomic mass is 16.5. The van der Waals surface area contributed by atoms with E-state index in [2.05, 4.69) is 19.9 Å². The molecule has 23 heavy (non-hydrogen) atoms. The number of nitrogens with one attached hydrogen (secondary N) is 2. The molecule has 2 aromatic heterocycles. The number of nitrogens with zero attached hydrogens (tertiary/aromatic N) is 2. The highest BCUT2D eigenvalue weighted by Gasteiger charge is 2.26. The fourth-order valence-corrected chi connectivity index (χ4v) is 2.76. The van der Waals surface area contributed by atoms with Gasteiger partial charge in [0.25, 0.3) is 5.91 Å². The Balaban J connectivity index is 1.47. The van der Waals surface area contributed by atoms with Gasteiger partial charge in [-0.1, -0.05) is 0 Å². The molecule has 6 heteroatoms. The van der Waals surface area contributed by atoms with E-state index in [9.17, 15) is 4.79 Å². The standard InChI is InChI=1S/C17H18N4O2/c1-23-12-6-7-13-14(9-12)20-16(19-13)10-18-17(22)15-3-2-8-21(15)11-4-5-11/h2-3,6-9,11H,4-5,10H2,1H3,(H,18,22)(H,19,20). The van der Waals surface area contributed by atoms with Crippen LogP contribution in [0.15, 0.2) is 36.5 Å². The summed E-state index contributed by atoms with van der Waals surface area (Å²) in [7, 11) is 1.63. The van der Waals surface area contributed by atoms with Crippen LogP contribution in [0.2, 0.25) is 0 Å². The molecule has 1 fully saturated rings. The molecule has 1 aromatic carbocycles. The van der Waals surface area contributed by atoms with Crippen LogP contribution in [0.3, 0.4) is 0 Å². The van der Waals surface area contributed by atoms with E-state index in [0.717, 1.165) is 35.4 Å². The molecule has 118 valence electrons. The van der Waals surface area contributed by atoms with E-state index in [1.165, 1.54) is 0 Å². The van der Waals surface area contributed by atoms with Gasteiger partial charge in [-0.2, -0.15) is 0 Å². The average Bonchev–Trinajstić information content (AvgIpc) is 3.15. The van der Waals surface area contributed by atoms with Crippen molar-refractivity contribution < 1.29 is 9.53 Å². The van der Waals surface area contributed by atoms with Gasteiger partial charge in [-0.25, -0.2) is 4.98 Å². The molecule has 1 aliphatic carbocycles. The Morgan fingerprint density at radius 3 is 3.09 bits per heavy atom. The minimum Gasteiger partial charge on any atom is -0.497 e. The van der Waals surface area contributed by atoms with Gasteiger partial charge in [-0.05, 0) is 37.1 Å². The number of ether oxygens (including phenoxy) is 1. The third-order valence-electron chi connectivity index (χ3n) is 4.11. The molecule has 0 bridgehead atoms. The smallest absolute Gasteiger partial charge is 0.268 e. The number of carbonyl (C=O) groups is 1. The molecule has 2 heterocycles. The number of carbonyl (C=O) groups excluding carboxylic acids is 1. The first kappa shape index (κ1) is 13.9. The van der Waals surface area contributed by atoms with Gasteiger partial charge in [0.2, 0.25) is 0 Å². The zero-order valence-electron chi connectivity index (χ0n) is 12.9. The fraction of sp³-hybridized carbons (Fsp3) is 0.294. The number of H-pyrrole nitrogens is 1. The quantitative estimate of drug-likeness (QED) is 0.761. The second kappa shape index (κ2) is 5.46. The van der Waals surface area contributed by atoms with Crippen LogP contribution >= 0.6 is 0 Å². The number of rotatable bonds is 5. The number of aromatic nitrogens is 3. The average molecular weight is 310 g/mol. The van der Waals surface area contributed by atoms with Gasteiger partial charge in [0, 0.05) is 18.3 Å². The first-order chi connectivity index (χ1) is 11.2. The number of imidazole rings is 1. The summed E-state index contributed by atoms with van der Waals surface area (Å²) in [6, 6.07) is 9.93. The molecule has 1 saturated carbocycles. The van der Waals surface area contributed by atoms with Crippen LogP contribution in [0.25, 0.3) is 11.0 Å². The fourth-order valence-electron chi connectivity index (χ4n) is 2.76. The van der Waals surface area contributed by atoms with E-state index in [4.69, 9.17) is 4.74 Å². The summed E-state index contributed by atoms with van der Waals surface area (Å²) in [4.78, 5) is 20.0. The molecule has 4 rings (SSSR count). The number of aromatic amines is 1. The molecular weight excluding hydrogens is 292 g/mol. The van der Waals surface area contributed by atoms with Crippen molar-refractivity contribution in [3.8, 4) is 5.75 Å². The van der Waals surface area contributed by atoms with E-state index in [1.54, 1.807) is 7.11 Å². The van der Waals surface area contributed by atoms with Gasteiger partial charge >= 0.3 is 0 Å². The monoisotopic (exact) mass is 310 g/mol. The van der Waals surface area contributed by atoms with E-state index >= 15 is 0 Å². The Labute approximate surface area is 133 Å². The van der Waals surface area contributed by atoms with Crippen LogP contribution in [0.1, 0.15) is 35.2 Å². The molecule has 0 radical (unpaired) electrons. The zero-order chi connectivity index (χ0) is 15.8. The van der Waals surface area contributed by atoms with Crippen molar-refractivity contribution in [2.24, 2.45) is 0 Å². The Kier molecular flexibility index (Phi) is 3.29. The van der Waals surface area contributed by atoms with E-state index in [0.29, 0.717) is 18.3 Å². The van der Waals surface area contributed by atoms with Crippen LogP contribution in [-0.2, 0) is 6.54 Å². The molecule has 3 aromatic rings. The molecule has 1 aliphatic rings. The number of hydrogen-bond acceptors (Lipinski definition) is 3. The van der Waals surface area contributed by atoms with Gasteiger partial charge in [-0.15, -0.1) is 0 Å². The van der Waals surface area contributed by atoms with Crippen molar-refractivity contribution in [1.29, 1.82) is 0 Å². The van der Waals surface area contributed by atoms with Gasteiger partial charge in [0.1, 0.15) is 17.3 Å². The van der Waals surface area contributed by atoms with Crippen molar-refractivity contribution in [3.05, 3.63) is 48.0 Å². The molecule has 0 aliphatic heterocycles. The first-order valence-electron chi connectivity index (χ1n) is 7.72. The largest absolute Gasteiger partial charge is 0.497 e. The molecular formula is C17H18N4O2. The lowest BCUT2D eigenvalue weighted by Gasteiger charge is -2.07. The normalized spacial score (nSPS) is 14.1. The molecule has 0 unspecified atom stereocenters. The third kappa shape index (κ3) is 2.67.